The zero-order valence-electron chi connectivity index (χ0n) is 20.1. The van der Waals surface area contributed by atoms with E-state index in [9.17, 15) is 4.79 Å². The van der Waals surface area contributed by atoms with E-state index in [-0.39, 0.29) is 11.3 Å². The molecule has 0 atom stereocenters. The average molecular weight is 463 g/mol. The fourth-order valence-corrected chi connectivity index (χ4v) is 5.30. The summed E-state index contributed by atoms with van der Waals surface area (Å²) in [4.78, 5) is 14.6. The van der Waals surface area contributed by atoms with Crippen molar-refractivity contribution in [3.05, 3.63) is 60.2 Å². The van der Waals surface area contributed by atoms with Crippen molar-refractivity contribution in [2.45, 2.75) is 69.5 Å². The van der Waals surface area contributed by atoms with Crippen molar-refractivity contribution in [2.75, 3.05) is 17.7 Å². The van der Waals surface area contributed by atoms with Gasteiger partial charge in [0.05, 0.1) is 5.75 Å². The van der Waals surface area contributed by atoms with Crippen LogP contribution in [0.3, 0.4) is 0 Å². The minimum atomic E-state index is 0.0560. The van der Waals surface area contributed by atoms with Crippen LogP contribution in [-0.2, 0) is 10.2 Å². The lowest BCUT2D eigenvalue weighted by Gasteiger charge is -2.26. The molecule has 0 radical (unpaired) electrons. The van der Waals surface area contributed by atoms with Crippen LogP contribution in [0.25, 0.3) is 11.4 Å². The lowest BCUT2D eigenvalue weighted by atomic mass is 9.86. The second kappa shape index (κ2) is 10.1. The summed E-state index contributed by atoms with van der Waals surface area (Å²) in [6.07, 6.45) is 6.01. The van der Waals surface area contributed by atoms with Gasteiger partial charge in [0.25, 0.3) is 0 Å². The van der Waals surface area contributed by atoms with Crippen LogP contribution in [0.4, 0.5) is 5.69 Å². The van der Waals surface area contributed by atoms with Crippen LogP contribution in [-0.4, -0.2) is 33.5 Å². The second-order valence-corrected chi connectivity index (χ2v) is 10.8. The molecule has 3 aromatic rings. The van der Waals surface area contributed by atoms with Gasteiger partial charge in [-0.1, -0.05) is 94.3 Å². The Kier molecular flexibility index (Phi) is 7.23. The quantitative estimate of drug-likeness (QED) is 0.392. The Hall–Kier alpha value is -2.60. The molecule has 0 unspecified atom stereocenters. The number of carbonyl (C=O) groups is 1. The SMILES string of the molecule is CN(C(=O)CSc1nnc(-c2ccc(C(C)(C)C)cc2)n1C1CCCCC1)c1ccccc1. The normalized spacial score (nSPS) is 14.9. The number of aromatic nitrogens is 3. The molecule has 0 saturated heterocycles. The number of para-hydroxylation sites is 1. The highest BCUT2D eigenvalue weighted by molar-refractivity contribution is 7.99. The molecular weight excluding hydrogens is 428 g/mol. The number of rotatable bonds is 6. The molecule has 33 heavy (non-hydrogen) atoms. The third-order valence-corrected chi connectivity index (χ3v) is 7.38. The molecule has 1 aromatic heterocycles. The predicted molar refractivity (Wildman–Crippen MR) is 137 cm³/mol. The number of hydrogen-bond donors (Lipinski definition) is 0. The number of anilines is 1. The Bertz CT molecular complexity index is 1060. The van der Waals surface area contributed by atoms with Gasteiger partial charge in [0, 0.05) is 24.3 Å². The van der Waals surface area contributed by atoms with E-state index in [2.05, 4.69) is 59.8 Å². The Morgan fingerprint density at radius 3 is 2.30 bits per heavy atom. The van der Waals surface area contributed by atoms with Crippen molar-refractivity contribution in [3.63, 3.8) is 0 Å². The van der Waals surface area contributed by atoms with Crippen LogP contribution in [0.5, 0.6) is 0 Å². The van der Waals surface area contributed by atoms with E-state index in [4.69, 9.17) is 0 Å². The Morgan fingerprint density at radius 1 is 1.00 bits per heavy atom. The van der Waals surface area contributed by atoms with Gasteiger partial charge < -0.3 is 4.90 Å². The molecule has 1 aliphatic carbocycles. The Morgan fingerprint density at radius 2 is 1.67 bits per heavy atom. The summed E-state index contributed by atoms with van der Waals surface area (Å²) in [5.41, 5.74) is 3.40. The van der Waals surface area contributed by atoms with Gasteiger partial charge >= 0.3 is 0 Å². The number of carbonyl (C=O) groups excluding carboxylic acids is 1. The van der Waals surface area contributed by atoms with Crippen molar-refractivity contribution >= 4 is 23.4 Å². The van der Waals surface area contributed by atoms with Gasteiger partial charge in [0.15, 0.2) is 11.0 Å². The molecule has 0 spiro atoms. The van der Waals surface area contributed by atoms with Crippen molar-refractivity contribution in [2.24, 2.45) is 0 Å². The van der Waals surface area contributed by atoms with E-state index >= 15 is 0 Å². The van der Waals surface area contributed by atoms with Crippen LogP contribution in [0, 0.1) is 0 Å². The molecule has 0 N–H and O–H groups in total. The molecule has 1 saturated carbocycles. The summed E-state index contributed by atoms with van der Waals surface area (Å²) in [5, 5.41) is 9.99. The fraction of sp³-hybridized carbons (Fsp3) is 0.444. The summed E-state index contributed by atoms with van der Waals surface area (Å²) in [6.45, 7) is 6.68. The molecule has 1 amide bonds. The highest BCUT2D eigenvalue weighted by Crippen LogP contribution is 2.36. The smallest absolute Gasteiger partial charge is 0.237 e. The molecule has 1 heterocycles. The van der Waals surface area contributed by atoms with E-state index in [0.717, 1.165) is 35.1 Å². The van der Waals surface area contributed by atoms with Crippen LogP contribution >= 0.6 is 11.8 Å². The van der Waals surface area contributed by atoms with E-state index in [1.165, 1.54) is 36.6 Å². The molecule has 0 bridgehead atoms. The molecule has 174 valence electrons. The number of hydrogen-bond acceptors (Lipinski definition) is 4. The largest absolute Gasteiger partial charge is 0.315 e. The van der Waals surface area contributed by atoms with Crippen LogP contribution in [0.15, 0.2) is 59.8 Å². The Balaban J connectivity index is 1.58. The van der Waals surface area contributed by atoms with Crippen LogP contribution in [0.1, 0.15) is 64.5 Å². The first-order chi connectivity index (χ1) is 15.8. The molecule has 2 aromatic carbocycles. The number of nitrogens with zero attached hydrogens (tertiary/aromatic N) is 4. The van der Waals surface area contributed by atoms with Gasteiger partial charge in [-0.25, -0.2) is 0 Å². The summed E-state index contributed by atoms with van der Waals surface area (Å²) in [5.74, 6) is 1.30. The van der Waals surface area contributed by atoms with Gasteiger partial charge in [-0.05, 0) is 36.0 Å². The van der Waals surface area contributed by atoms with Gasteiger partial charge in [-0.2, -0.15) is 0 Å². The predicted octanol–water partition coefficient (Wildman–Crippen LogP) is 6.50. The minimum absolute atomic E-state index is 0.0560. The summed E-state index contributed by atoms with van der Waals surface area (Å²) in [6, 6.07) is 18.8. The van der Waals surface area contributed by atoms with E-state index < -0.39 is 0 Å². The molecule has 0 aliphatic heterocycles. The number of amides is 1. The maximum Gasteiger partial charge on any atom is 0.237 e. The average Bonchev–Trinajstić information content (AvgIpc) is 3.26. The van der Waals surface area contributed by atoms with Crippen molar-refractivity contribution in [1.29, 1.82) is 0 Å². The first-order valence-corrected chi connectivity index (χ1v) is 12.8. The summed E-state index contributed by atoms with van der Waals surface area (Å²) >= 11 is 1.49. The minimum Gasteiger partial charge on any atom is -0.315 e. The Labute approximate surface area is 201 Å². The van der Waals surface area contributed by atoms with E-state index in [1.807, 2.05) is 37.4 Å². The number of benzene rings is 2. The zero-order valence-corrected chi connectivity index (χ0v) is 20.9. The third kappa shape index (κ3) is 5.49. The first-order valence-electron chi connectivity index (χ1n) is 11.8. The second-order valence-electron chi connectivity index (χ2n) is 9.87. The first kappa shape index (κ1) is 23.6. The lowest BCUT2D eigenvalue weighted by Crippen LogP contribution is -2.28. The highest BCUT2D eigenvalue weighted by Gasteiger charge is 2.25. The van der Waals surface area contributed by atoms with Crippen molar-refractivity contribution < 1.29 is 4.79 Å². The monoisotopic (exact) mass is 462 g/mol. The van der Waals surface area contributed by atoms with Gasteiger partial charge in [-0.15, -0.1) is 10.2 Å². The van der Waals surface area contributed by atoms with Crippen LogP contribution in [0.2, 0.25) is 0 Å². The number of thioether (sulfide) groups is 1. The van der Waals surface area contributed by atoms with Gasteiger partial charge in [-0.3, -0.25) is 9.36 Å². The molecule has 4 rings (SSSR count). The van der Waals surface area contributed by atoms with E-state index in [0.29, 0.717) is 11.8 Å². The van der Waals surface area contributed by atoms with E-state index in [1.54, 1.807) is 4.90 Å². The lowest BCUT2D eigenvalue weighted by molar-refractivity contribution is -0.115. The van der Waals surface area contributed by atoms with Crippen molar-refractivity contribution in [3.8, 4) is 11.4 Å². The molecule has 1 aliphatic rings. The topological polar surface area (TPSA) is 51.0 Å². The summed E-state index contributed by atoms with van der Waals surface area (Å²) < 4.78 is 2.30. The standard InChI is InChI=1S/C27H34N4OS/c1-27(2,3)21-17-15-20(16-18-21)25-28-29-26(31(25)23-13-9-6-10-14-23)33-19-24(32)30(4)22-11-7-5-8-12-22/h5,7-8,11-12,15-18,23H,6,9-10,13-14,19H2,1-4H3. The molecule has 1 fully saturated rings. The fourth-order valence-electron chi connectivity index (χ4n) is 4.38. The third-order valence-electron chi connectivity index (χ3n) is 6.46. The highest BCUT2D eigenvalue weighted by atomic mass is 32.2. The molecule has 6 heteroatoms. The van der Waals surface area contributed by atoms with Gasteiger partial charge in [0.1, 0.15) is 0 Å². The molecular formula is C27H34N4OS. The van der Waals surface area contributed by atoms with Crippen LogP contribution < -0.4 is 4.90 Å². The zero-order chi connectivity index (χ0) is 23.4. The van der Waals surface area contributed by atoms with Crippen molar-refractivity contribution in [1.82, 2.24) is 14.8 Å². The maximum absolute atomic E-state index is 12.9. The maximum atomic E-state index is 12.9. The van der Waals surface area contributed by atoms with Gasteiger partial charge in [0.2, 0.25) is 5.91 Å². The summed E-state index contributed by atoms with van der Waals surface area (Å²) in [7, 11) is 1.83. The molecule has 5 nitrogen and oxygen atoms in total.